The first-order valence-electron chi connectivity index (χ1n) is 8.16. The van der Waals surface area contributed by atoms with E-state index in [1.807, 2.05) is 24.3 Å². The number of rotatable bonds is 7. The van der Waals surface area contributed by atoms with Gasteiger partial charge in [0.15, 0.2) is 0 Å². The molecule has 0 atom stereocenters. The second-order valence-corrected chi connectivity index (χ2v) is 5.68. The third-order valence-electron chi connectivity index (χ3n) is 3.93. The molecule has 2 heterocycles. The van der Waals surface area contributed by atoms with Gasteiger partial charge in [0.2, 0.25) is 0 Å². The summed E-state index contributed by atoms with van der Waals surface area (Å²) in [5, 5.41) is 18.6. The smallest absolute Gasteiger partial charge is 0.335 e. The van der Waals surface area contributed by atoms with Crippen LogP contribution in [-0.2, 0) is 4.74 Å². The molecule has 0 bridgehead atoms. The summed E-state index contributed by atoms with van der Waals surface area (Å²) in [5.74, 6) is 0.109. The van der Waals surface area contributed by atoms with E-state index in [2.05, 4.69) is 11.1 Å². The van der Waals surface area contributed by atoms with E-state index in [9.17, 15) is 10.1 Å². The Balaban J connectivity index is 1.90. The third-order valence-corrected chi connectivity index (χ3v) is 3.93. The van der Waals surface area contributed by atoms with E-state index in [1.54, 1.807) is 24.1 Å². The van der Waals surface area contributed by atoms with Crippen LogP contribution < -0.4 is 4.74 Å². The van der Waals surface area contributed by atoms with Crippen molar-refractivity contribution in [2.45, 2.75) is 0 Å². The second kappa shape index (κ2) is 8.17. The molecule has 3 aromatic rings. The number of hydrogen-bond acceptors (Lipinski definition) is 5. The zero-order chi connectivity index (χ0) is 19.2. The fraction of sp³-hybridized carbons (Fsp3) is 0.150. The summed E-state index contributed by atoms with van der Waals surface area (Å²) in [6.07, 6.45) is 4.82. The molecule has 2 aromatic heterocycles. The van der Waals surface area contributed by atoms with Crippen LogP contribution in [0, 0.1) is 11.3 Å². The maximum Gasteiger partial charge on any atom is 0.335 e. The van der Waals surface area contributed by atoms with Crippen molar-refractivity contribution in [1.29, 1.82) is 5.26 Å². The van der Waals surface area contributed by atoms with Gasteiger partial charge in [0.25, 0.3) is 0 Å². The zero-order valence-corrected chi connectivity index (χ0v) is 14.6. The molecule has 1 N–H and O–H groups in total. The lowest BCUT2D eigenvalue weighted by Crippen LogP contribution is -2.03. The van der Waals surface area contributed by atoms with Crippen LogP contribution in [0.3, 0.4) is 0 Å². The normalized spacial score (nSPS) is 10.4. The molecule has 0 saturated carbocycles. The minimum absolute atomic E-state index is 0.131. The summed E-state index contributed by atoms with van der Waals surface area (Å²) >= 11 is 0. The van der Waals surface area contributed by atoms with Crippen LogP contribution in [-0.4, -0.2) is 41.0 Å². The van der Waals surface area contributed by atoms with Crippen LogP contribution in [0.4, 0.5) is 0 Å². The van der Waals surface area contributed by atoms with Gasteiger partial charge in [-0.2, -0.15) is 5.26 Å². The van der Waals surface area contributed by atoms with Crippen LogP contribution in [0.5, 0.6) is 5.75 Å². The average Bonchev–Trinajstić information content (AvgIpc) is 3.13. The highest BCUT2D eigenvalue weighted by Crippen LogP contribution is 2.27. The molecule has 0 radical (unpaired) electrons. The van der Waals surface area contributed by atoms with Gasteiger partial charge in [-0.15, -0.1) is 0 Å². The molecule has 27 heavy (non-hydrogen) atoms. The van der Waals surface area contributed by atoms with Gasteiger partial charge >= 0.3 is 5.97 Å². The van der Waals surface area contributed by atoms with Crippen molar-refractivity contribution in [2.24, 2.45) is 0 Å². The van der Waals surface area contributed by atoms with Crippen molar-refractivity contribution in [3.8, 4) is 28.8 Å². The molecule has 0 unspecified atom stereocenters. The molecule has 0 amide bonds. The Bertz CT molecular complexity index is 987. The Morgan fingerprint density at radius 3 is 2.67 bits per heavy atom. The predicted octanol–water partition coefficient (Wildman–Crippen LogP) is 3.13. The number of nitrogens with zero attached hydrogens (tertiary/aromatic N) is 3. The Kier molecular flexibility index (Phi) is 5.50. The minimum Gasteiger partial charge on any atom is -0.491 e. The summed E-state index contributed by atoms with van der Waals surface area (Å²) in [7, 11) is 1.61. The summed E-state index contributed by atoms with van der Waals surface area (Å²) in [6.45, 7) is 0.965. The molecule has 136 valence electrons. The van der Waals surface area contributed by atoms with Gasteiger partial charge in [-0.1, -0.05) is 12.1 Å². The Labute approximate surface area is 156 Å². The van der Waals surface area contributed by atoms with Crippen molar-refractivity contribution in [3.63, 3.8) is 0 Å². The highest BCUT2D eigenvalue weighted by Gasteiger charge is 2.12. The Hall–Kier alpha value is -3.63. The van der Waals surface area contributed by atoms with E-state index >= 15 is 0 Å². The topological polar surface area (TPSA) is 97.4 Å². The number of carbonyl (C=O) groups is 1. The van der Waals surface area contributed by atoms with E-state index in [-0.39, 0.29) is 5.56 Å². The number of hydrogen-bond donors (Lipinski definition) is 1. The van der Waals surface area contributed by atoms with E-state index in [4.69, 9.17) is 14.6 Å². The number of aromatic carboxylic acids is 1. The number of methoxy groups -OCH3 is 1. The van der Waals surface area contributed by atoms with Gasteiger partial charge in [-0.3, -0.25) is 0 Å². The van der Waals surface area contributed by atoms with Crippen LogP contribution in [0.15, 0.2) is 55.0 Å². The number of carboxylic acid groups (broad SMARTS) is 1. The maximum atomic E-state index is 11.2. The highest BCUT2D eigenvalue weighted by molar-refractivity contribution is 5.88. The summed E-state index contributed by atoms with van der Waals surface area (Å²) in [4.78, 5) is 15.3. The van der Waals surface area contributed by atoms with Crippen molar-refractivity contribution in [2.75, 3.05) is 20.3 Å². The molecule has 0 fully saturated rings. The molecule has 7 nitrogen and oxygen atoms in total. The van der Waals surface area contributed by atoms with Crippen molar-refractivity contribution in [1.82, 2.24) is 9.55 Å². The van der Waals surface area contributed by atoms with Crippen molar-refractivity contribution < 1.29 is 19.4 Å². The van der Waals surface area contributed by atoms with Crippen LogP contribution >= 0.6 is 0 Å². The monoisotopic (exact) mass is 363 g/mol. The van der Waals surface area contributed by atoms with Gasteiger partial charge in [0, 0.05) is 31.3 Å². The largest absolute Gasteiger partial charge is 0.491 e. The maximum absolute atomic E-state index is 11.2. The van der Waals surface area contributed by atoms with Crippen molar-refractivity contribution >= 4 is 5.97 Å². The Morgan fingerprint density at radius 1 is 1.22 bits per heavy atom. The lowest BCUT2D eigenvalue weighted by atomic mass is 10.1. The molecule has 7 heteroatoms. The van der Waals surface area contributed by atoms with Gasteiger partial charge in [0.05, 0.1) is 17.7 Å². The van der Waals surface area contributed by atoms with E-state index in [0.717, 1.165) is 11.1 Å². The summed E-state index contributed by atoms with van der Waals surface area (Å²) < 4.78 is 12.1. The highest BCUT2D eigenvalue weighted by atomic mass is 16.5. The zero-order valence-electron chi connectivity index (χ0n) is 14.6. The third kappa shape index (κ3) is 4.14. The standard InChI is InChI=1S/C20H17N3O4/c1-26-8-9-27-17-4-2-14(3-5-17)18-13-23(12-16(18)11-21)19-10-15(20(24)25)6-7-22-19/h2-7,10,12-13H,8-9H2,1H3,(H,24,25). The first-order chi connectivity index (χ1) is 13.1. The lowest BCUT2D eigenvalue weighted by Gasteiger charge is -2.06. The molecule has 0 aliphatic heterocycles. The predicted molar refractivity (Wildman–Crippen MR) is 98.0 cm³/mol. The molecule has 0 saturated heterocycles. The van der Waals surface area contributed by atoms with Gasteiger partial charge in [0.1, 0.15) is 24.2 Å². The number of aromatic nitrogens is 2. The first kappa shape index (κ1) is 18.2. The van der Waals surface area contributed by atoms with Crippen molar-refractivity contribution in [3.05, 3.63) is 66.1 Å². The Morgan fingerprint density at radius 2 is 2.00 bits per heavy atom. The van der Waals surface area contributed by atoms with Crippen LogP contribution in [0.25, 0.3) is 16.9 Å². The fourth-order valence-corrected chi connectivity index (χ4v) is 2.57. The fourth-order valence-electron chi connectivity index (χ4n) is 2.57. The molecule has 0 aliphatic carbocycles. The summed E-state index contributed by atoms with van der Waals surface area (Å²) in [5.41, 5.74) is 2.17. The SMILES string of the molecule is COCCOc1ccc(-c2cn(-c3cc(C(=O)O)ccn3)cc2C#N)cc1. The summed E-state index contributed by atoms with van der Waals surface area (Å²) in [6, 6.07) is 12.4. The average molecular weight is 363 g/mol. The van der Waals surface area contributed by atoms with Crippen LogP contribution in [0.2, 0.25) is 0 Å². The number of ether oxygens (including phenoxy) is 2. The number of carboxylic acids is 1. The number of pyridine rings is 1. The van der Waals surface area contributed by atoms with Crippen LogP contribution in [0.1, 0.15) is 15.9 Å². The second-order valence-electron chi connectivity index (χ2n) is 5.68. The van der Waals surface area contributed by atoms with Gasteiger partial charge in [-0.05, 0) is 29.8 Å². The minimum atomic E-state index is -1.03. The van der Waals surface area contributed by atoms with E-state index in [1.165, 1.54) is 18.3 Å². The first-order valence-corrected chi connectivity index (χ1v) is 8.16. The molecule has 0 spiro atoms. The molecule has 1 aromatic carbocycles. The molecule has 3 rings (SSSR count). The van der Waals surface area contributed by atoms with Gasteiger partial charge < -0.3 is 19.1 Å². The number of benzene rings is 1. The number of nitriles is 1. The molecule has 0 aliphatic rings. The molecular weight excluding hydrogens is 346 g/mol. The quantitative estimate of drug-likeness (QED) is 0.648. The van der Waals surface area contributed by atoms with E-state index in [0.29, 0.717) is 30.3 Å². The lowest BCUT2D eigenvalue weighted by molar-refractivity contribution is 0.0696. The van der Waals surface area contributed by atoms with Gasteiger partial charge in [-0.25, -0.2) is 9.78 Å². The molecular formula is C20H17N3O4. The van der Waals surface area contributed by atoms with E-state index < -0.39 is 5.97 Å².